The van der Waals surface area contributed by atoms with Gasteiger partial charge in [0.1, 0.15) is 11.9 Å². The summed E-state index contributed by atoms with van der Waals surface area (Å²) in [6.07, 6.45) is 2.82. The van der Waals surface area contributed by atoms with Gasteiger partial charge in [0, 0.05) is 38.6 Å². The number of benzene rings is 1. The predicted molar refractivity (Wildman–Crippen MR) is 101 cm³/mol. The standard InChI is InChI=1S/C20H26FN5O2/c1-2-18-23-17(24-28-18)13-25-9-11-26(12-10-25)19(20(27)22-16-7-8-16)14-3-5-15(21)6-4-14/h3-6,16,19H,2,7-13H2,1H3,(H,22,27)/t19-/m1/s1. The molecule has 0 spiro atoms. The molecule has 2 heterocycles. The van der Waals surface area contributed by atoms with E-state index in [4.69, 9.17) is 4.52 Å². The number of carbonyl (C=O) groups excluding carboxylic acids is 1. The van der Waals surface area contributed by atoms with Crippen LogP contribution in [0.2, 0.25) is 0 Å². The van der Waals surface area contributed by atoms with Gasteiger partial charge in [-0.15, -0.1) is 0 Å². The molecule has 0 radical (unpaired) electrons. The number of aryl methyl sites for hydroxylation is 1. The van der Waals surface area contributed by atoms with Crippen LogP contribution in [-0.2, 0) is 17.8 Å². The molecular formula is C20H26FN5O2. The topological polar surface area (TPSA) is 74.5 Å². The molecule has 1 N–H and O–H groups in total. The Labute approximate surface area is 163 Å². The van der Waals surface area contributed by atoms with Crippen molar-refractivity contribution in [1.82, 2.24) is 25.3 Å². The molecule has 1 aliphatic carbocycles. The first-order valence-corrected chi connectivity index (χ1v) is 9.96. The van der Waals surface area contributed by atoms with Crippen molar-refractivity contribution in [3.8, 4) is 0 Å². The van der Waals surface area contributed by atoms with Crippen molar-refractivity contribution < 1.29 is 13.7 Å². The summed E-state index contributed by atoms with van der Waals surface area (Å²) >= 11 is 0. The van der Waals surface area contributed by atoms with E-state index in [-0.39, 0.29) is 17.8 Å². The van der Waals surface area contributed by atoms with Gasteiger partial charge in [-0.25, -0.2) is 4.39 Å². The third kappa shape index (κ3) is 4.56. The molecule has 7 nitrogen and oxygen atoms in total. The third-order valence-corrected chi connectivity index (χ3v) is 5.31. The van der Waals surface area contributed by atoms with Crippen LogP contribution in [0.4, 0.5) is 4.39 Å². The first-order valence-electron chi connectivity index (χ1n) is 9.96. The maximum absolute atomic E-state index is 13.4. The predicted octanol–water partition coefficient (Wildman–Crippen LogP) is 1.91. The van der Waals surface area contributed by atoms with Crippen molar-refractivity contribution in [2.75, 3.05) is 26.2 Å². The number of aromatic nitrogens is 2. The Morgan fingerprint density at radius 3 is 2.57 bits per heavy atom. The summed E-state index contributed by atoms with van der Waals surface area (Å²) in [5.41, 5.74) is 0.832. The smallest absolute Gasteiger partial charge is 0.242 e. The molecule has 4 rings (SSSR count). The Balaban J connectivity index is 1.41. The lowest BCUT2D eigenvalue weighted by molar-refractivity contribution is -0.127. The van der Waals surface area contributed by atoms with E-state index in [0.29, 0.717) is 24.3 Å². The van der Waals surface area contributed by atoms with Gasteiger partial charge in [-0.1, -0.05) is 24.2 Å². The van der Waals surface area contributed by atoms with Gasteiger partial charge < -0.3 is 9.84 Å². The quantitative estimate of drug-likeness (QED) is 0.782. The zero-order chi connectivity index (χ0) is 19.5. The number of halogens is 1. The molecule has 1 atom stereocenters. The van der Waals surface area contributed by atoms with Crippen molar-refractivity contribution in [1.29, 1.82) is 0 Å². The first-order chi connectivity index (χ1) is 13.6. The summed E-state index contributed by atoms with van der Waals surface area (Å²) in [4.78, 5) is 21.7. The van der Waals surface area contributed by atoms with Gasteiger partial charge in [-0.2, -0.15) is 4.98 Å². The van der Waals surface area contributed by atoms with E-state index in [9.17, 15) is 9.18 Å². The fourth-order valence-corrected chi connectivity index (χ4v) is 3.56. The van der Waals surface area contributed by atoms with Crippen molar-refractivity contribution in [2.24, 2.45) is 0 Å². The second-order valence-corrected chi connectivity index (χ2v) is 7.51. The molecule has 0 unspecified atom stereocenters. The molecule has 1 aliphatic heterocycles. The molecule has 1 aromatic carbocycles. The highest BCUT2D eigenvalue weighted by atomic mass is 19.1. The minimum Gasteiger partial charge on any atom is -0.352 e. The number of nitrogens with one attached hydrogen (secondary N) is 1. The SMILES string of the molecule is CCc1nc(CN2CCN([C@@H](C(=O)NC3CC3)c3ccc(F)cc3)CC2)no1. The van der Waals surface area contributed by atoms with E-state index < -0.39 is 0 Å². The van der Waals surface area contributed by atoms with Gasteiger partial charge in [0.25, 0.3) is 0 Å². The summed E-state index contributed by atoms with van der Waals surface area (Å²) in [5, 5.41) is 7.12. The Morgan fingerprint density at radius 2 is 1.96 bits per heavy atom. The summed E-state index contributed by atoms with van der Waals surface area (Å²) in [7, 11) is 0. The van der Waals surface area contributed by atoms with Crippen LogP contribution in [0.25, 0.3) is 0 Å². The lowest BCUT2D eigenvalue weighted by Gasteiger charge is -2.38. The maximum atomic E-state index is 13.4. The Morgan fingerprint density at radius 1 is 1.25 bits per heavy atom. The number of hydrogen-bond donors (Lipinski definition) is 1. The summed E-state index contributed by atoms with van der Waals surface area (Å²) in [5.74, 6) is 1.07. The van der Waals surface area contributed by atoms with Crippen LogP contribution in [0.5, 0.6) is 0 Å². The third-order valence-electron chi connectivity index (χ3n) is 5.31. The largest absolute Gasteiger partial charge is 0.352 e. The average molecular weight is 387 g/mol. The lowest BCUT2D eigenvalue weighted by Crippen LogP contribution is -2.51. The van der Waals surface area contributed by atoms with Crippen LogP contribution in [0.15, 0.2) is 28.8 Å². The highest BCUT2D eigenvalue weighted by Crippen LogP contribution is 2.26. The minimum atomic E-state index is -0.389. The van der Waals surface area contributed by atoms with Gasteiger partial charge in [0.15, 0.2) is 5.82 Å². The minimum absolute atomic E-state index is 0.00770. The molecule has 1 saturated carbocycles. The Kier molecular flexibility index (Phi) is 5.68. The van der Waals surface area contributed by atoms with Crippen LogP contribution in [0, 0.1) is 5.82 Å². The molecule has 150 valence electrons. The van der Waals surface area contributed by atoms with E-state index in [0.717, 1.165) is 51.0 Å². The zero-order valence-corrected chi connectivity index (χ0v) is 16.1. The van der Waals surface area contributed by atoms with Crippen molar-refractivity contribution in [2.45, 2.75) is 44.8 Å². The van der Waals surface area contributed by atoms with Crippen molar-refractivity contribution in [3.05, 3.63) is 47.4 Å². The van der Waals surface area contributed by atoms with E-state index >= 15 is 0 Å². The van der Waals surface area contributed by atoms with Crippen LogP contribution < -0.4 is 5.32 Å². The molecule has 1 saturated heterocycles. The van der Waals surface area contributed by atoms with E-state index in [1.54, 1.807) is 12.1 Å². The van der Waals surface area contributed by atoms with Gasteiger partial charge in [0.05, 0.1) is 6.54 Å². The summed E-state index contributed by atoms with van der Waals surface area (Å²) in [6, 6.07) is 6.17. The van der Waals surface area contributed by atoms with Gasteiger partial charge in [-0.3, -0.25) is 14.6 Å². The molecular weight excluding hydrogens is 361 g/mol. The number of carbonyl (C=O) groups is 1. The maximum Gasteiger partial charge on any atom is 0.242 e. The lowest BCUT2D eigenvalue weighted by atomic mass is 10.0. The summed E-state index contributed by atoms with van der Waals surface area (Å²) < 4.78 is 18.5. The number of piperazine rings is 1. The van der Waals surface area contributed by atoms with E-state index in [1.807, 2.05) is 6.92 Å². The average Bonchev–Trinajstić information content (AvgIpc) is 3.40. The first kappa shape index (κ1) is 19.0. The van der Waals surface area contributed by atoms with Gasteiger partial charge >= 0.3 is 0 Å². The van der Waals surface area contributed by atoms with Gasteiger partial charge in [0.2, 0.25) is 11.8 Å². The molecule has 2 aromatic rings. The molecule has 28 heavy (non-hydrogen) atoms. The zero-order valence-electron chi connectivity index (χ0n) is 16.1. The molecule has 0 bridgehead atoms. The normalized spacial score (nSPS) is 19.5. The van der Waals surface area contributed by atoms with Gasteiger partial charge in [-0.05, 0) is 30.5 Å². The van der Waals surface area contributed by atoms with Crippen LogP contribution in [0.3, 0.4) is 0 Å². The highest BCUT2D eigenvalue weighted by molar-refractivity contribution is 5.83. The summed E-state index contributed by atoms with van der Waals surface area (Å²) in [6.45, 7) is 5.75. The highest BCUT2D eigenvalue weighted by Gasteiger charge is 2.34. The molecule has 1 aromatic heterocycles. The van der Waals surface area contributed by atoms with Crippen molar-refractivity contribution in [3.63, 3.8) is 0 Å². The Hall–Kier alpha value is -2.32. The fraction of sp³-hybridized carbons (Fsp3) is 0.550. The second kappa shape index (κ2) is 8.36. The molecule has 1 amide bonds. The number of amides is 1. The fourth-order valence-electron chi connectivity index (χ4n) is 3.56. The van der Waals surface area contributed by atoms with Crippen molar-refractivity contribution >= 4 is 5.91 Å². The van der Waals surface area contributed by atoms with Crippen LogP contribution in [-0.4, -0.2) is 58.1 Å². The monoisotopic (exact) mass is 387 g/mol. The Bertz CT molecular complexity index is 797. The number of rotatable bonds is 7. The van der Waals surface area contributed by atoms with Crippen LogP contribution in [0.1, 0.15) is 43.1 Å². The van der Waals surface area contributed by atoms with E-state index in [2.05, 4.69) is 25.3 Å². The molecule has 8 heteroatoms. The van der Waals surface area contributed by atoms with E-state index in [1.165, 1.54) is 12.1 Å². The van der Waals surface area contributed by atoms with Crippen LogP contribution >= 0.6 is 0 Å². The molecule has 2 fully saturated rings. The number of hydrogen-bond acceptors (Lipinski definition) is 6. The molecule has 2 aliphatic rings. The number of nitrogens with zero attached hydrogens (tertiary/aromatic N) is 4. The second-order valence-electron chi connectivity index (χ2n) is 7.51.